The molecule has 2 heteroatoms. The van der Waals surface area contributed by atoms with Gasteiger partial charge in [-0.25, -0.2) is 4.79 Å². The summed E-state index contributed by atoms with van der Waals surface area (Å²) in [5.74, 6) is 0.617. The number of hydrogen-bond acceptors (Lipinski definition) is 2. The van der Waals surface area contributed by atoms with E-state index in [1.54, 1.807) is 0 Å². The summed E-state index contributed by atoms with van der Waals surface area (Å²) in [5, 5.41) is 0. The van der Waals surface area contributed by atoms with E-state index in [0.29, 0.717) is 17.9 Å². The molecule has 0 aromatic heterocycles. The fourth-order valence-electron chi connectivity index (χ4n) is 1.49. The molecule has 0 aliphatic heterocycles. The Bertz CT molecular complexity index is 124. The molecule has 0 bridgehead atoms. The fourth-order valence-corrected chi connectivity index (χ4v) is 1.49. The summed E-state index contributed by atoms with van der Waals surface area (Å²) >= 11 is 0. The van der Waals surface area contributed by atoms with Gasteiger partial charge in [-0.2, -0.15) is 0 Å². The molecule has 0 saturated heterocycles. The minimum Gasteiger partial charge on any atom is -0.457 e. The van der Waals surface area contributed by atoms with Gasteiger partial charge in [-0.1, -0.05) is 34.1 Å². The summed E-state index contributed by atoms with van der Waals surface area (Å²) in [6.07, 6.45) is 2.07. The van der Waals surface area contributed by atoms with Gasteiger partial charge in [0.25, 0.3) is 0 Å². The van der Waals surface area contributed by atoms with Gasteiger partial charge in [0.15, 0.2) is 0 Å². The first-order chi connectivity index (χ1) is 5.52. The van der Waals surface area contributed by atoms with Gasteiger partial charge in [-0.3, -0.25) is 0 Å². The van der Waals surface area contributed by atoms with Crippen molar-refractivity contribution >= 4 is 6.47 Å². The molecule has 1 unspecified atom stereocenters. The van der Waals surface area contributed by atoms with Crippen molar-refractivity contribution in [2.75, 3.05) is 6.61 Å². The highest BCUT2D eigenvalue weighted by Gasteiger charge is 2.22. The number of rotatable bonds is 5. The van der Waals surface area contributed by atoms with E-state index in [-0.39, 0.29) is 0 Å². The molecule has 12 heavy (non-hydrogen) atoms. The molecule has 0 rings (SSSR count). The minimum atomic E-state index is 0.307. The van der Waals surface area contributed by atoms with Crippen LogP contribution in [0.3, 0.4) is 0 Å². The highest BCUT2D eigenvalue weighted by Crippen LogP contribution is 2.30. The second-order valence-electron chi connectivity index (χ2n) is 4.19. The Hall–Kier alpha value is -0.530. The van der Waals surface area contributed by atoms with E-state index in [1.807, 2.05) is 0 Å². The predicted molar refractivity (Wildman–Crippen MR) is 49.5 cm³/mol. The third-order valence-electron chi connectivity index (χ3n) is 2.34. The van der Waals surface area contributed by atoms with Gasteiger partial charge >= 0.3 is 6.47 Å². The lowest BCUT2D eigenvalue weighted by Gasteiger charge is -2.29. The van der Waals surface area contributed by atoms with Gasteiger partial charge in [-0.15, -0.1) is 0 Å². The molecule has 0 aliphatic carbocycles. The third kappa shape index (κ3) is 4.37. The van der Waals surface area contributed by atoms with E-state index in [9.17, 15) is 4.79 Å². The Morgan fingerprint density at radius 2 is 2.00 bits per heavy atom. The highest BCUT2D eigenvalue weighted by molar-refractivity contribution is 5.38. The van der Waals surface area contributed by atoms with Crippen LogP contribution in [-0.2, 0) is 9.53 Å². The lowest BCUT2D eigenvalue weighted by molar-refractivity contribution is 0.170. The Kier molecular flexibility index (Phi) is 4.95. The van der Waals surface area contributed by atoms with Crippen molar-refractivity contribution in [2.45, 2.75) is 40.5 Å². The van der Waals surface area contributed by atoms with Crippen LogP contribution >= 0.6 is 0 Å². The van der Waals surface area contributed by atoms with Gasteiger partial charge < -0.3 is 4.74 Å². The van der Waals surface area contributed by atoms with Gasteiger partial charge in [0.2, 0.25) is 0 Å². The summed E-state index contributed by atoms with van der Waals surface area (Å²) in [7, 11) is 0. The smallest absolute Gasteiger partial charge is 0.417 e. The monoisotopic (exact) mass is 171 g/mol. The standard InChI is InChI=1S/C10H19O2/c1-5-9(10(2,3)4)6-7-12-8-11/h9H,5-7H2,1-4H3. The van der Waals surface area contributed by atoms with E-state index in [1.165, 1.54) is 6.47 Å². The largest absolute Gasteiger partial charge is 0.457 e. The van der Waals surface area contributed by atoms with E-state index in [4.69, 9.17) is 0 Å². The second kappa shape index (κ2) is 5.18. The van der Waals surface area contributed by atoms with Crippen molar-refractivity contribution in [3.05, 3.63) is 0 Å². The lowest BCUT2D eigenvalue weighted by atomic mass is 9.77. The van der Waals surface area contributed by atoms with Gasteiger partial charge in [0.1, 0.15) is 0 Å². The number of ether oxygens (including phenoxy) is 1. The molecule has 2 nitrogen and oxygen atoms in total. The molecule has 0 N–H and O–H groups in total. The van der Waals surface area contributed by atoms with Crippen molar-refractivity contribution in [1.29, 1.82) is 0 Å². The zero-order chi connectivity index (χ0) is 9.61. The third-order valence-corrected chi connectivity index (χ3v) is 2.34. The van der Waals surface area contributed by atoms with Crippen molar-refractivity contribution in [3.8, 4) is 0 Å². The van der Waals surface area contributed by atoms with E-state index in [2.05, 4.69) is 32.4 Å². The Morgan fingerprint density at radius 3 is 2.33 bits per heavy atom. The average molecular weight is 171 g/mol. The maximum absolute atomic E-state index is 9.78. The first-order valence-electron chi connectivity index (χ1n) is 4.51. The van der Waals surface area contributed by atoms with Crippen LogP contribution in [0.4, 0.5) is 0 Å². The Labute approximate surface area is 75.3 Å². The molecule has 0 aromatic carbocycles. The summed E-state index contributed by atoms with van der Waals surface area (Å²) in [6.45, 7) is 10.8. The maximum atomic E-state index is 9.78. The van der Waals surface area contributed by atoms with Crippen molar-refractivity contribution in [2.24, 2.45) is 11.3 Å². The van der Waals surface area contributed by atoms with Gasteiger partial charge in [-0.05, 0) is 17.8 Å². The van der Waals surface area contributed by atoms with Crippen LogP contribution in [0, 0.1) is 11.3 Å². The van der Waals surface area contributed by atoms with Crippen LogP contribution in [-0.4, -0.2) is 13.1 Å². The van der Waals surface area contributed by atoms with Crippen molar-refractivity contribution in [3.63, 3.8) is 0 Å². The molecular formula is C10H19O2. The average Bonchev–Trinajstić information content (AvgIpc) is 1.95. The molecule has 0 aromatic rings. The molecule has 1 atom stereocenters. The van der Waals surface area contributed by atoms with Crippen LogP contribution in [0.5, 0.6) is 0 Å². The summed E-state index contributed by atoms with van der Waals surface area (Å²) in [4.78, 5) is 9.78. The lowest BCUT2D eigenvalue weighted by Crippen LogP contribution is -2.21. The summed E-state index contributed by atoms with van der Waals surface area (Å²) < 4.78 is 4.56. The second-order valence-corrected chi connectivity index (χ2v) is 4.19. The van der Waals surface area contributed by atoms with Crippen LogP contribution < -0.4 is 0 Å². The van der Waals surface area contributed by atoms with E-state index < -0.39 is 0 Å². The SMILES string of the molecule is CCC(CCO[C]=O)C(C)(C)C. The topological polar surface area (TPSA) is 26.3 Å². The summed E-state index contributed by atoms with van der Waals surface area (Å²) in [5.41, 5.74) is 0.307. The molecular weight excluding hydrogens is 152 g/mol. The quantitative estimate of drug-likeness (QED) is 0.594. The molecule has 0 fully saturated rings. The molecule has 0 heterocycles. The van der Waals surface area contributed by atoms with Crippen LogP contribution in [0.15, 0.2) is 0 Å². The highest BCUT2D eigenvalue weighted by atomic mass is 16.5. The molecule has 0 aliphatic rings. The zero-order valence-electron chi connectivity index (χ0n) is 8.52. The minimum absolute atomic E-state index is 0.307. The van der Waals surface area contributed by atoms with Gasteiger partial charge in [0.05, 0.1) is 6.61 Å². The normalized spacial score (nSPS) is 14.0. The predicted octanol–water partition coefficient (Wildman–Crippen LogP) is 2.53. The molecule has 0 spiro atoms. The van der Waals surface area contributed by atoms with Gasteiger partial charge in [0, 0.05) is 0 Å². The Morgan fingerprint density at radius 1 is 1.42 bits per heavy atom. The van der Waals surface area contributed by atoms with Crippen molar-refractivity contribution < 1.29 is 9.53 Å². The van der Waals surface area contributed by atoms with Crippen LogP contribution in [0.2, 0.25) is 0 Å². The maximum Gasteiger partial charge on any atom is 0.417 e. The fraction of sp³-hybridized carbons (Fsp3) is 0.900. The number of hydrogen-bond donors (Lipinski definition) is 0. The zero-order valence-corrected chi connectivity index (χ0v) is 8.52. The molecule has 0 saturated carbocycles. The van der Waals surface area contributed by atoms with Crippen LogP contribution in [0.1, 0.15) is 40.5 Å². The van der Waals surface area contributed by atoms with Crippen LogP contribution in [0.25, 0.3) is 0 Å². The first kappa shape index (κ1) is 11.5. The molecule has 0 amide bonds. The van der Waals surface area contributed by atoms with E-state index >= 15 is 0 Å². The molecule has 1 radical (unpaired) electrons. The Balaban J connectivity index is 3.75. The number of carbonyl (C=O) groups excluding carboxylic acids is 1. The van der Waals surface area contributed by atoms with E-state index in [0.717, 1.165) is 12.8 Å². The molecule has 71 valence electrons. The summed E-state index contributed by atoms with van der Waals surface area (Å²) in [6, 6.07) is 0. The first-order valence-corrected chi connectivity index (χ1v) is 4.51. The van der Waals surface area contributed by atoms with Crippen molar-refractivity contribution in [1.82, 2.24) is 0 Å².